The van der Waals surface area contributed by atoms with E-state index in [1.54, 1.807) is 4.90 Å². The molecular weight excluding hydrogens is 356 g/mol. The summed E-state index contributed by atoms with van der Waals surface area (Å²) < 4.78 is 5.64. The number of aromatic nitrogens is 2. The molecule has 0 bridgehead atoms. The maximum atomic E-state index is 12.9. The van der Waals surface area contributed by atoms with E-state index in [1.807, 2.05) is 45.9 Å². The van der Waals surface area contributed by atoms with E-state index >= 15 is 0 Å². The Morgan fingerprint density at radius 1 is 1.46 bits per heavy atom. The van der Waals surface area contributed by atoms with Gasteiger partial charge in [-0.25, -0.2) is 9.78 Å². The lowest BCUT2D eigenvalue weighted by Crippen LogP contribution is -2.40. The highest BCUT2D eigenvalue weighted by molar-refractivity contribution is 5.84. The number of oxime groups is 1. The van der Waals surface area contributed by atoms with E-state index in [9.17, 15) is 4.79 Å². The van der Waals surface area contributed by atoms with Gasteiger partial charge in [0, 0.05) is 18.4 Å². The molecule has 4 rings (SSSR count). The second kappa shape index (κ2) is 6.26. The van der Waals surface area contributed by atoms with Crippen LogP contribution in [0.15, 0.2) is 23.4 Å². The largest absolute Gasteiger partial charge is 0.444 e. The van der Waals surface area contributed by atoms with Gasteiger partial charge in [0.2, 0.25) is 0 Å². The summed E-state index contributed by atoms with van der Waals surface area (Å²) in [6, 6.07) is 5.32. The summed E-state index contributed by atoms with van der Waals surface area (Å²) in [7, 11) is 0. The number of benzene rings is 1. The molecule has 2 aliphatic heterocycles. The van der Waals surface area contributed by atoms with E-state index in [1.165, 1.54) is 0 Å². The lowest BCUT2D eigenvalue weighted by atomic mass is 9.94. The Labute approximate surface area is 164 Å². The molecule has 1 aromatic heterocycles. The van der Waals surface area contributed by atoms with Gasteiger partial charge in [0.25, 0.3) is 0 Å². The lowest BCUT2D eigenvalue weighted by Gasteiger charge is -2.27. The highest BCUT2D eigenvalue weighted by Gasteiger charge is 2.53. The molecule has 0 saturated carbocycles. The van der Waals surface area contributed by atoms with Crippen molar-refractivity contribution in [2.45, 2.75) is 57.8 Å². The van der Waals surface area contributed by atoms with E-state index in [2.05, 4.69) is 16.1 Å². The van der Waals surface area contributed by atoms with Crippen molar-refractivity contribution in [3.05, 3.63) is 29.6 Å². The second-order valence-corrected chi connectivity index (χ2v) is 8.60. The molecule has 3 heterocycles. The van der Waals surface area contributed by atoms with Crippen molar-refractivity contribution in [3.63, 3.8) is 0 Å². The first-order valence-electron chi connectivity index (χ1n) is 9.36. The fourth-order valence-electron chi connectivity index (χ4n) is 3.88. The van der Waals surface area contributed by atoms with Crippen molar-refractivity contribution >= 4 is 22.8 Å². The van der Waals surface area contributed by atoms with Crippen LogP contribution in [0.4, 0.5) is 4.79 Å². The lowest BCUT2D eigenvalue weighted by molar-refractivity contribution is -0.0159. The summed E-state index contributed by atoms with van der Waals surface area (Å²) >= 11 is 0. The molecule has 1 aromatic carbocycles. The van der Waals surface area contributed by atoms with Gasteiger partial charge in [-0.15, -0.1) is 6.42 Å². The first-order chi connectivity index (χ1) is 13.2. The zero-order valence-corrected chi connectivity index (χ0v) is 16.6. The molecule has 146 valence electrons. The molecule has 7 nitrogen and oxygen atoms in total. The number of nitrogens with zero attached hydrogens (tertiary/aromatic N) is 3. The second-order valence-electron chi connectivity index (χ2n) is 8.60. The van der Waals surface area contributed by atoms with Crippen LogP contribution >= 0.6 is 0 Å². The fraction of sp³-hybridized carbons (Fsp3) is 0.476. The Bertz CT molecular complexity index is 1010. The van der Waals surface area contributed by atoms with Crippen LogP contribution in [0.3, 0.4) is 0 Å². The number of amides is 1. The zero-order valence-electron chi connectivity index (χ0n) is 16.6. The van der Waals surface area contributed by atoms with Gasteiger partial charge < -0.3 is 14.6 Å². The first kappa shape index (κ1) is 18.4. The molecule has 2 atom stereocenters. The van der Waals surface area contributed by atoms with Crippen molar-refractivity contribution in [2.75, 3.05) is 6.54 Å². The highest BCUT2D eigenvalue weighted by atomic mass is 16.7. The number of hydrogen-bond donors (Lipinski definition) is 1. The highest BCUT2D eigenvalue weighted by Crippen LogP contribution is 2.44. The molecule has 1 fully saturated rings. The number of H-pyrrole nitrogens is 1. The molecule has 2 aromatic rings. The van der Waals surface area contributed by atoms with E-state index in [0.717, 1.165) is 22.3 Å². The Kier molecular flexibility index (Phi) is 4.11. The minimum absolute atomic E-state index is 0.294. The van der Waals surface area contributed by atoms with Crippen LogP contribution in [0.2, 0.25) is 0 Å². The number of imidazole rings is 1. The molecule has 7 heteroatoms. The molecule has 1 N–H and O–H groups in total. The molecule has 2 aliphatic rings. The molecule has 0 radical (unpaired) electrons. The smallest absolute Gasteiger partial charge is 0.411 e. The summed E-state index contributed by atoms with van der Waals surface area (Å²) in [5, 5.41) is 4.12. The molecule has 2 unspecified atom stereocenters. The van der Waals surface area contributed by atoms with Crippen LogP contribution in [0.1, 0.15) is 58.0 Å². The third kappa shape index (κ3) is 3.31. The number of aromatic amines is 1. The van der Waals surface area contributed by atoms with Crippen molar-refractivity contribution < 1.29 is 14.4 Å². The van der Waals surface area contributed by atoms with E-state index in [4.69, 9.17) is 21.0 Å². The number of carbonyl (C=O) groups excluding carboxylic acids is 1. The third-order valence-corrected chi connectivity index (χ3v) is 4.98. The van der Waals surface area contributed by atoms with Crippen molar-refractivity contribution in [1.29, 1.82) is 0 Å². The quantitative estimate of drug-likeness (QED) is 0.764. The minimum atomic E-state index is -0.587. The van der Waals surface area contributed by atoms with Gasteiger partial charge in [-0.1, -0.05) is 11.1 Å². The van der Waals surface area contributed by atoms with E-state index < -0.39 is 11.2 Å². The van der Waals surface area contributed by atoms with Crippen LogP contribution in [0, 0.1) is 12.3 Å². The minimum Gasteiger partial charge on any atom is -0.444 e. The van der Waals surface area contributed by atoms with Gasteiger partial charge in [0.1, 0.15) is 11.4 Å². The van der Waals surface area contributed by atoms with E-state index in [0.29, 0.717) is 25.2 Å². The first-order valence-corrected chi connectivity index (χ1v) is 9.36. The zero-order chi connectivity index (χ0) is 20.1. The van der Waals surface area contributed by atoms with Crippen LogP contribution < -0.4 is 0 Å². The van der Waals surface area contributed by atoms with Gasteiger partial charge in [-0.05, 0) is 45.9 Å². The predicted molar refractivity (Wildman–Crippen MR) is 106 cm³/mol. The molecular formula is C21H24N4O3. The normalized spacial score (nSPS) is 24.3. The predicted octanol–water partition coefficient (Wildman–Crippen LogP) is 3.76. The number of fused-ring (bicyclic) bond motifs is 1. The average Bonchev–Trinajstić information content (AvgIpc) is 3.29. The number of hydrogen-bond acceptors (Lipinski definition) is 5. The van der Waals surface area contributed by atoms with Crippen LogP contribution in [0.25, 0.3) is 11.0 Å². The Balaban J connectivity index is 1.69. The summed E-state index contributed by atoms with van der Waals surface area (Å²) in [5.74, 6) is 3.32. The number of rotatable bonds is 1. The monoisotopic (exact) mass is 380 g/mol. The molecule has 0 aliphatic carbocycles. The fourth-order valence-corrected chi connectivity index (χ4v) is 3.88. The third-order valence-electron chi connectivity index (χ3n) is 4.98. The maximum Gasteiger partial charge on any atom is 0.411 e. The number of nitrogens with one attached hydrogen (secondary N) is 1. The van der Waals surface area contributed by atoms with Gasteiger partial charge in [-0.3, -0.25) is 4.90 Å². The van der Waals surface area contributed by atoms with Gasteiger partial charge in [-0.2, -0.15) is 0 Å². The number of likely N-dealkylation sites (tertiary alicyclic amines) is 1. The summed E-state index contributed by atoms with van der Waals surface area (Å²) in [4.78, 5) is 28.4. The molecule has 28 heavy (non-hydrogen) atoms. The topological polar surface area (TPSA) is 79.8 Å². The standard InChI is InChI=1S/C21H24N4O3/c1-6-14-7-8-15-16(9-14)23-18(22-15)17-11-21(10-13(2)24-28-21)12-25(17)19(26)27-20(3,4)5/h1,7-9,17H,10-12H2,2-5H3,(H,22,23). The number of ether oxygens (including phenoxy) is 1. The van der Waals surface area contributed by atoms with Crippen LogP contribution in [-0.2, 0) is 9.57 Å². The Hall–Kier alpha value is -3.01. The average molecular weight is 380 g/mol. The summed E-state index contributed by atoms with van der Waals surface area (Å²) in [5.41, 5.74) is 2.23. The van der Waals surface area contributed by atoms with Gasteiger partial charge in [0.15, 0.2) is 5.60 Å². The SMILES string of the molecule is C#Cc1ccc2nc(C3CC4(CC(C)=NO4)CN3C(=O)OC(C)(C)C)[nH]c2c1. The summed E-state index contributed by atoms with van der Waals surface area (Å²) in [6.07, 6.45) is 6.39. The molecule has 1 amide bonds. The summed E-state index contributed by atoms with van der Waals surface area (Å²) in [6.45, 7) is 7.90. The van der Waals surface area contributed by atoms with Crippen molar-refractivity contribution in [1.82, 2.24) is 14.9 Å². The molecule has 1 saturated heterocycles. The molecule has 1 spiro atoms. The van der Waals surface area contributed by atoms with Crippen molar-refractivity contribution in [3.8, 4) is 12.3 Å². The number of carbonyl (C=O) groups is 1. The maximum absolute atomic E-state index is 12.9. The van der Waals surface area contributed by atoms with Crippen LogP contribution in [0.5, 0.6) is 0 Å². The van der Waals surface area contributed by atoms with E-state index in [-0.39, 0.29) is 12.1 Å². The van der Waals surface area contributed by atoms with Crippen molar-refractivity contribution in [2.24, 2.45) is 5.16 Å². The van der Waals surface area contributed by atoms with Gasteiger partial charge in [0.05, 0.1) is 29.3 Å². The van der Waals surface area contributed by atoms with Crippen LogP contribution in [-0.4, -0.2) is 44.4 Å². The Morgan fingerprint density at radius 2 is 2.25 bits per heavy atom. The van der Waals surface area contributed by atoms with Gasteiger partial charge >= 0.3 is 6.09 Å². The Morgan fingerprint density at radius 3 is 2.89 bits per heavy atom. The number of terminal acetylenes is 1.